The highest BCUT2D eigenvalue weighted by Crippen LogP contribution is 2.43. The summed E-state index contributed by atoms with van der Waals surface area (Å²) in [5, 5.41) is 5.63. The lowest BCUT2D eigenvalue weighted by atomic mass is 9.86. The zero-order valence-electron chi connectivity index (χ0n) is 17.9. The quantitative estimate of drug-likeness (QED) is 0.249. The number of nitrogens with zero attached hydrogens (tertiary/aromatic N) is 1. The molecule has 5 aromatic carbocycles. The molecule has 0 amide bonds. The summed E-state index contributed by atoms with van der Waals surface area (Å²) in [5.41, 5.74) is 6.82. The van der Waals surface area contributed by atoms with E-state index in [-0.39, 0.29) is 0 Å². The summed E-state index contributed by atoms with van der Waals surface area (Å²) in [7, 11) is 0. The lowest BCUT2D eigenvalue weighted by Crippen LogP contribution is -1.91. The molecule has 0 aliphatic carbocycles. The van der Waals surface area contributed by atoms with Crippen LogP contribution in [0.5, 0.6) is 0 Å². The molecule has 0 radical (unpaired) electrons. The molecule has 6 aromatic rings. The van der Waals surface area contributed by atoms with E-state index in [1.165, 1.54) is 32.7 Å². The van der Waals surface area contributed by atoms with Crippen LogP contribution in [-0.2, 0) is 0 Å². The van der Waals surface area contributed by atoms with E-state index in [0.29, 0.717) is 0 Å². The van der Waals surface area contributed by atoms with E-state index in [2.05, 4.69) is 84.9 Å². The van der Waals surface area contributed by atoms with E-state index in [4.69, 9.17) is 16.6 Å². The first kappa shape index (κ1) is 19.7. The normalized spacial score (nSPS) is 11.2. The Bertz CT molecular complexity index is 1530. The van der Waals surface area contributed by atoms with Gasteiger partial charge in [-0.2, -0.15) is 0 Å². The van der Waals surface area contributed by atoms with Gasteiger partial charge < -0.3 is 0 Å². The van der Waals surface area contributed by atoms with Crippen molar-refractivity contribution in [1.29, 1.82) is 0 Å². The molecule has 0 bridgehead atoms. The number of hydrogen-bond donors (Lipinski definition) is 0. The first-order valence-electron chi connectivity index (χ1n) is 11.0. The van der Waals surface area contributed by atoms with Crippen molar-refractivity contribution >= 4 is 33.1 Å². The minimum atomic E-state index is 0.744. The second kappa shape index (κ2) is 8.20. The number of benzene rings is 5. The van der Waals surface area contributed by atoms with Gasteiger partial charge in [0.1, 0.15) is 0 Å². The third-order valence-electron chi connectivity index (χ3n) is 6.19. The van der Waals surface area contributed by atoms with Gasteiger partial charge in [-0.15, -0.1) is 0 Å². The largest absolute Gasteiger partial charge is 0.256 e. The van der Waals surface area contributed by atoms with Gasteiger partial charge in [0.05, 0.1) is 5.69 Å². The van der Waals surface area contributed by atoms with Gasteiger partial charge in [-0.1, -0.05) is 109 Å². The Hall–Kier alpha value is -3.94. The third kappa shape index (κ3) is 3.47. The van der Waals surface area contributed by atoms with Crippen LogP contribution in [0.15, 0.2) is 121 Å². The van der Waals surface area contributed by atoms with Crippen molar-refractivity contribution in [2.75, 3.05) is 0 Å². The Labute approximate surface area is 197 Å². The number of fused-ring (bicyclic) bond motifs is 2. The van der Waals surface area contributed by atoms with Crippen molar-refractivity contribution in [2.45, 2.75) is 0 Å². The smallest absolute Gasteiger partial charge is 0.0702 e. The molecule has 1 heterocycles. The summed E-state index contributed by atoms with van der Waals surface area (Å²) in [5.74, 6) is 0. The van der Waals surface area contributed by atoms with Gasteiger partial charge in [0.15, 0.2) is 0 Å². The SMILES string of the molecule is Clc1ccc(-c2c3ccccc3c(-c3ccc(-c4ccccc4)nc3)c3ccccc23)cc1. The van der Waals surface area contributed by atoms with Crippen LogP contribution in [0.2, 0.25) is 5.02 Å². The van der Waals surface area contributed by atoms with Crippen LogP contribution in [0.1, 0.15) is 0 Å². The fraction of sp³-hybridized carbons (Fsp3) is 0. The average molecular weight is 442 g/mol. The molecule has 0 saturated heterocycles. The fourth-order valence-electron chi connectivity index (χ4n) is 4.69. The van der Waals surface area contributed by atoms with Crippen molar-refractivity contribution in [1.82, 2.24) is 4.98 Å². The Morgan fingerprint density at radius 3 is 1.42 bits per heavy atom. The number of hydrogen-bond acceptors (Lipinski definition) is 1. The highest BCUT2D eigenvalue weighted by molar-refractivity contribution is 6.30. The van der Waals surface area contributed by atoms with Crippen molar-refractivity contribution in [2.24, 2.45) is 0 Å². The van der Waals surface area contributed by atoms with Crippen LogP contribution in [0.3, 0.4) is 0 Å². The van der Waals surface area contributed by atoms with Gasteiger partial charge in [0, 0.05) is 22.3 Å². The minimum absolute atomic E-state index is 0.744. The van der Waals surface area contributed by atoms with E-state index in [1.54, 1.807) is 0 Å². The van der Waals surface area contributed by atoms with Crippen molar-refractivity contribution in [3.63, 3.8) is 0 Å². The van der Waals surface area contributed by atoms with Gasteiger partial charge in [0.2, 0.25) is 0 Å². The highest BCUT2D eigenvalue weighted by atomic mass is 35.5. The maximum Gasteiger partial charge on any atom is 0.0702 e. The van der Waals surface area contributed by atoms with Gasteiger partial charge in [0.25, 0.3) is 0 Å². The summed E-state index contributed by atoms with van der Waals surface area (Å²) in [6.45, 7) is 0. The zero-order valence-corrected chi connectivity index (χ0v) is 18.6. The summed E-state index contributed by atoms with van der Waals surface area (Å²) in [6.07, 6.45) is 2.00. The van der Waals surface area contributed by atoms with Crippen LogP contribution < -0.4 is 0 Å². The van der Waals surface area contributed by atoms with Crippen LogP contribution in [0, 0.1) is 0 Å². The number of halogens is 1. The molecule has 0 N–H and O–H groups in total. The number of rotatable bonds is 3. The summed E-state index contributed by atoms with van der Waals surface area (Å²) in [6, 6.07) is 40.0. The first-order chi connectivity index (χ1) is 16.3. The molecule has 1 nitrogen and oxygen atoms in total. The van der Waals surface area contributed by atoms with Crippen LogP contribution in [0.25, 0.3) is 55.1 Å². The first-order valence-corrected chi connectivity index (χ1v) is 11.4. The van der Waals surface area contributed by atoms with Crippen molar-refractivity contribution < 1.29 is 0 Å². The van der Waals surface area contributed by atoms with E-state index in [9.17, 15) is 0 Å². The molecule has 1 aromatic heterocycles. The van der Waals surface area contributed by atoms with E-state index < -0.39 is 0 Å². The highest BCUT2D eigenvalue weighted by Gasteiger charge is 2.16. The van der Waals surface area contributed by atoms with E-state index in [1.807, 2.05) is 36.5 Å². The number of aromatic nitrogens is 1. The van der Waals surface area contributed by atoms with Crippen LogP contribution >= 0.6 is 11.6 Å². The molecule has 2 heteroatoms. The predicted molar refractivity (Wildman–Crippen MR) is 141 cm³/mol. The lowest BCUT2D eigenvalue weighted by molar-refractivity contribution is 1.33. The molecule has 6 rings (SSSR count). The summed E-state index contributed by atoms with van der Waals surface area (Å²) in [4.78, 5) is 4.81. The van der Waals surface area contributed by atoms with Gasteiger partial charge in [-0.25, -0.2) is 0 Å². The standard InChI is InChI=1S/C31H20ClN/c32-24-17-14-22(15-18-24)30-25-10-4-6-12-27(25)31(28-13-7-5-11-26(28)30)23-16-19-29(33-20-23)21-8-2-1-3-9-21/h1-20H. The molecule has 0 fully saturated rings. The van der Waals surface area contributed by atoms with Crippen LogP contribution in [0.4, 0.5) is 0 Å². The fourth-order valence-corrected chi connectivity index (χ4v) is 4.81. The molecule has 0 atom stereocenters. The number of pyridine rings is 1. The van der Waals surface area contributed by atoms with Crippen molar-refractivity contribution in [3.8, 4) is 33.5 Å². The molecular formula is C31H20ClN. The summed E-state index contributed by atoms with van der Waals surface area (Å²) >= 11 is 6.19. The topological polar surface area (TPSA) is 12.9 Å². The Kier molecular flexibility index (Phi) is 4.90. The molecule has 156 valence electrons. The molecule has 0 spiro atoms. The van der Waals surface area contributed by atoms with Gasteiger partial charge in [-0.3, -0.25) is 4.98 Å². The van der Waals surface area contributed by atoms with E-state index in [0.717, 1.165) is 27.4 Å². The Morgan fingerprint density at radius 2 is 0.909 bits per heavy atom. The zero-order chi connectivity index (χ0) is 22.2. The Balaban J connectivity index is 1.64. The molecule has 0 aliphatic rings. The molecular weight excluding hydrogens is 422 g/mol. The lowest BCUT2D eigenvalue weighted by Gasteiger charge is -2.17. The maximum absolute atomic E-state index is 6.19. The van der Waals surface area contributed by atoms with Crippen molar-refractivity contribution in [3.05, 3.63) is 126 Å². The van der Waals surface area contributed by atoms with E-state index >= 15 is 0 Å². The maximum atomic E-state index is 6.19. The summed E-state index contributed by atoms with van der Waals surface area (Å²) < 4.78 is 0. The van der Waals surface area contributed by atoms with Gasteiger partial charge >= 0.3 is 0 Å². The average Bonchev–Trinajstić information content (AvgIpc) is 2.88. The predicted octanol–water partition coefficient (Wildman–Crippen LogP) is 9.04. The van der Waals surface area contributed by atoms with Crippen LogP contribution in [-0.4, -0.2) is 4.98 Å². The second-order valence-electron chi connectivity index (χ2n) is 8.15. The van der Waals surface area contributed by atoms with Gasteiger partial charge in [-0.05, 0) is 56.4 Å². The monoisotopic (exact) mass is 441 g/mol. The third-order valence-corrected chi connectivity index (χ3v) is 6.44. The molecule has 0 aliphatic heterocycles. The molecule has 0 unspecified atom stereocenters. The second-order valence-corrected chi connectivity index (χ2v) is 8.58. The Morgan fingerprint density at radius 1 is 0.424 bits per heavy atom. The molecule has 0 saturated carbocycles. The minimum Gasteiger partial charge on any atom is -0.256 e. The molecule has 33 heavy (non-hydrogen) atoms.